The summed E-state index contributed by atoms with van der Waals surface area (Å²) in [4.78, 5) is 5.93. The van der Waals surface area contributed by atoms with E-state index in [9.17, 15) is 5.11 Å². The van der Waals surface area contributed by atoms with Gasteiger partial charge in [0.2, 0.25) is 0 Å². The van der Waals surface area contributed by atoms with Crippen LogP contribution in [0, 0.1) is 0 Å². The number of nitrogens with zero attached hydrogens (tertiary/aromatic N) is 5. The molecule has 0 saturated carbocycles. The fourth-order valence-corrected chi connectivity index (χ4v) is 4.69. The normalized spacial score (nSPS) is 25.8. The van der Waals surface area contributed by atoms with Gasteiger partial charge in [-0.05, 0) is 43.5 Å². The van der Waals surface area contributed by atoms with Crippen molar-refractivity contribution in [3.05, 3.63) is 49.1 Å². The van der Waals surface area contributed by atoms with E-state index in [1.807, 2.05) is 47.0 Å². The van der Waals surface area contributed by atoms with Crippen molar-refractivity contribution in [2.24, 2.45) is 0 Å². The molecule has 30 heavy (non-hydrogen) atoms. The highest BCUT2D eigenvalue weighted by molar-refractivity contribution is 5.69. The highest BCUT2D eigenvalue weighted by Gasteiger charge is 2.41. The minimum Gasteiger partial charge on any atom is -0.507 e. The Hall–Kier alpha value is -3.00. The van der Waals surface area contributed by atoms with E-state index >= 15 is 4.39 Å². The first-order chi connectivity index (χ1) is 14.6. The van der Waals surface area contributed by atoms with E-state index in [1.165, 1.54) is 0 Å². The first kappa shape index (κ1) is 19.0. The number of hydrogen-bond donors (Lipinski definition) is 2. The van der Waals surface area contributed by atoms with Gasteiger partial charge >= 0.3 is 0 Å². The molecular weight excluding hydrogens is 383 g/mol. The first-order valence-corrected chi connectivity index (χ1v) is 10.4. The lowest BCUT2D eigenvalue weighted by Crippen LogP contribution is -2.61. The van der Waals surface area contributed by atoms with Crippen molar-refractivity contribution in [2.75, 3.05) is 11.9 Å². The molecule has 0 amide bonds. The predicted octanol–water partition coefficient (Wildman–Crippen LogP) is 3.09. The number of halogens is 1. The summed E-state index contributed by atoms with van der Waals surface area (Å²) >= 11 is 0. The molecule has 2 fully saturated rings. The SMILES string of the molecule is CN(c1ccc(-c2ccc(-n3ccnc3)cc2O)nn1)[C@@H]1CC2CCCC(N2)[C@@H]1F. The molecule has 8 heteroatoms. The van der Waals surface area contributed by atoms with Crippen molar-refractivity contribution in [2.45, 2.75) is 50.0 Å². The summed E-state index contributed by atoms with van der Waals surface area (Å²) in [5.74, 6) is 0.757. The van der Waals surface area contributed by atoms with Crippen molar-refractivity contribution in [3.63, 3.8) is 0 Å². The van der Waals surface area contributed by atoms with Gasteiger partial charge in [-0.1, -0.05) is 6.42 Å². The van der Waals surface area contributed by atoms with Gasteiger partial charge in [0.05, 0.1) is 23.8 Å². The van der Waals surface area contributed by atoms with Crippen LogP contribution in [0.1, 0.15) is 25.7 Å². The van der Waals surface area contributed by atoms with Gasteiger partial charge in [0.25, 0.3) is 0 Å². The molecule has 3 aromatic rings. The number of alkyl halides is 1. The Morgan fingerprint density at radius 1 is 1.20 bits per heavy atom. The Labute approximate surface area is 174 Å². The van der Waals surface area contributed by atoms with Crippen molar-refractivity contribution < 1.29 is 9.50 Å². The largest absolute Gasteiger partial charge is 0.507 e. The van der Waals surface area contributed by atoms with Gasteiger partial charge in [0.15, 0.2) is 5.82 Å². The molecule has 7 nitrogen and oxygen atoms in total. The fraction of sp³-hybridized carbons (Fsp3) is 0.409. The van der Waals surface area contributed by atoms with E-state index in [2.05, 4.69) is 20.5 Å². The number of rotatable bonds is 4. The highest BCUT2D eigenvalue weighted by Crippen LogP contribution is 2.33. The quantitative estimate of drug-likeness (QED) is 0.691. The lowest BCUT2D eigenvalue weighted by atomic mass is 9.82. The Kier molecular flexibility index (Phi) is 4.86. The van der Waals surface area contributed by atoms with Crippen LogP contribution >= 0.6 is 0 Å². The third-order valence-corrected chi connectivity index (χ3v) is 6.36. The number of aromatic hydroxyl groups is 1. The summed E-state index contributed by atoms with van der Waals surface area (Å²) in [5, 5.41) is 22.5. The minimum absolute atomic E-state index is 0.0665. The smallest absolute Gasteiger partial charge is 0.151 e. The monoisotopic (exact) mass is 408 g/mol. The molecule has 0 radical (unpaired) electrons. The van der Waals surface area contributed by atoms with Crippen molar-refractivity contribution >= 4 is 5.82 Å². The van der Waals surface area contributed by atoms with E-state index in [0.29, 0.717) is 23.1 Å². The van der Waals surface area contributed by atoms with Gasteiger partial charge in [0, 0.05) is 43.2 Å². The molecule has 2 saturated heterocycles. The summed E-state index contributed by atoms with van der Waals surface area (Å²) in [6.07, 6.45) is 8.10. The van der Waals surface area contributed by atoms with Gasteiger partial charge < -0.3 is 19.9 Å². The Bertz CT molecular complexity index is 1010. The Balaban J connectivity index is 1.35. The molecule has 2 aliphatic rings. The molecule has 4 heterocycles. The van der Waals surface area contributed by atoms with Crippen molar-refractivity contribution in [3.8, 4) is 22.7 Å². The molecular formula is C22H25FN6O. The average Bonchev–Trinajstić information content (AvgIpc) is 3.31. The minimum atomic E-state index is -0.923. The molecule has 4 atom stereocenters. The van der Waals surface area contributed by atoms with E-state index in [0.717, 1.165) is 31.4 Å². The second-order valence-electron chi connectivity index (χ2n) is 8.21. The molecule has 1 aromatic carbocycles. The lowest BCUT2D eigenvalue weighted by molar-refractivity contribution is 0.107. The molecule has 156 valence electrons. The first-order valence-electron chi connectivity index (χ1n) is 10.4. The molecule has 0 spiro atoms. The van der Waals surface area contributed by atoms with E-state index < -0.39 is 6.17 Å². The number of fused-ring (bicyclic) bond motifs is 2. The standard InChI is InChI=1S/C22H25FN6O/c1-28(19-11-14-3-2-4-18(25-14)22(19)23)21-8-7-17(26-27-21)16-6-5-15(12-20(16)30)29-10-9-24-13-29/h5-10,12-14,18-19,22,25,30H,2-4,11H2,1H3/t14?,18?,19-,22+/m1/s1. The zero-order valence-electron chi connectivity index (χ0n) is 16.8. The average molecular weight is 408 g/mol. The Morgan fingerprint density at radius 2 is 2.10 bits per heavy atom. The summed E-state index contributed by atoms with van der Waals surface area (Å²) in [6, 6.07) is 9.13. The third kappa shape index (κ3) is 3.41. The van der Waals surface area contributed by atoms with E-state index in [1.54, 1.807) is 18.6 Å². The number of anilines is 1. The van der Waals surface area contributed by atoms with Gasteiger partial charge in [-0.15, -0.1) is 10.2 Å². The molecule has 2 bridgehead atoms. The fourth-order valence-electron chi connectivity index (χ4n) is 4.69. The van der Waals surface area contributed by atoms with E-state index in [-0.39, 0.29) is 17.8 Å². The number of phenolic OH excluding ortho intramolecular Hbond substituents is 1. The topological polar surface area (TPSA) is 79.1 Å². The van der Waals surface area contributed by atoms with Crippen LogP contribution in [0.15, 0.2) is 49.1 Å². The van der Waals surface area contributed by atoms with Gasteiger partial charge in [-0.3, -0.25) is 0 Å². The zero-order chi connectivity index (χ0) is 20.7. The second kappa shape index (κ2) is 7.68. The number of nitrogens with one attached hydrogen (secondary N) is 1. The van der Waals surface area contributed by atoms with Crippen LogP contribution in [0.2, 0.25) is 0 Å². The zero-order valence-corrected chi connectivity index (χ0v) is 16.8. The highest BCUT2D eigenvalue weighted by atomic mass is 19.1. The molecule has 2 unspecified atom stereocenters. The lowest BCUT2D eigenvalue weighted by Gasteiger charge is -2.46. The predicted molar refractivity (Wildman–Crippen MR) is 113 cm³/mol. The summed E-state index contributed by atoms with van der Waals surface area (Å²) in [6.45, 7) is 0. The van der Waals surface area contributed by atoms with Crippen LogP contribution in [0.3, 0.4) is 0 Å². The molecule has 2 aliphatic heterocycles. The van der Waals surface area contributed by atoms with Gasteiger partial charge in [-0.2, -0.15) is 0 Å². The summed E-state index contributed by atoms with van der Waals surface area (Å²) in [5.41, 5.74) is 1.98. The summed E-state index contributed by atoms with van der Waals surface area (Å²) in [7, 11) is 1.89. The van der Waals surface area contributed by atoms with Crippen molar-refractivity contribution in [1.82, 2.24) is 25.1 Å². The maximum atomic E-state index is 15.0. The molecule has 2 N–H and O–H groups in total. The molecule has 0 aliphatic carbocycles. The Morgan fingerprint density at radius 3 is 2.83 bits per heavy atom. The number of piperidine rings is 2. The maximum Gasteiger partial charge on any atom is 0.151 e. The van der Waals surface area contributed by atoms with Gasteiger partial charge in [-0.25, -0.2) is 9.37 Å². The van der Waals surface area contributed by atoms with Gasteiger partial charge in [0.1, 0.15) is 11.9 Å². The van der Waals surface area contributed by atoms with Crippen LogP contribution in [-0.4, -0.2) is 56.2 Å². The third-order valence-electron chi connectivity index (χ3n) is 6.36. The number of aromatic nitrogens is 4. The van der Waals surface area contributed by atoms with Crippen LogP contribution in [0.4, 0.5) is 10.2 Å². The van der Waals surface area contributed by atoms with Crippen molar-refractivity contribution in [1.29, 1.82) is 0 Å². The van der Waals surface area contributed by atoms with Crippen LogP contribution in [0.25, 0.3) is 16.9 Å². The van der Waals surface area contributed by atoms with Crippen LogP contribution < -0.4 is 10.2 Å². The maximum absolute atomic E-state index is 15.0. The van der Waals surface area contributed by atoms with E-state index in [4.69, 9.17) is 0 Å². The molecule has 5 rings (SSSR count). The number of imidazole rings is 1. The number of phenols is 1. The number of benzene rings is 1. The number of hydrogen-bond acceptors (Lipinski definition) is 6. The van der Waals surface area contributed by atoms with Crippen LogP contribution in [-0.2, 0) is 0 Å². The summed E-state index contributed by atoms with van der Waals surface area (Å²) < 4.78 is 16.8. The van der Waals surface area contributed by atoms with Crippen LogP contribution in [0.5, 0.6) is 5.75 Å². The molecule has 2 aromatic heterocycles. The second-order valence-corrected chi connectivity index (χ2v) is 8.21.